The summed E-state index contributed by atoms with van der Waals surface area (Å²) < 4.78 is 33.3. The molecule has 2 atom stereocenters. The molecular weight excluding hydrogens is 479 g/mol. The van der Waals surface area contributed by atoms with Gasteiger partial charge in [-0.05, 0) is 49.6 Å². The summed E-state index contributed by atoms with van der Waals surface area (Å²) in [5.41, 5.74) is 3.88. The molecule has 2 aromatic carbocycles. The van der Waals surface area contributed by atoms with Gasteiger partial charge in [0.1, 0.15) is 5.82 Å². The zero-order valence-electron chi connectivity index (χ0n) is 19.2. The van der Waals surface area contributed by atoms with E-state index in [1.165, 1.54) is 4.57 Å². The lowest BCUT2D eigenvalue weighted by Crippen LogP contribution is -2.38. The number of H-pyrrole nitrogens is 2. The monoisotopic (exact) mass is 503 g/mol. The maximum atomic E-state index is 12.8. The Kier molecular flexibility index (Phi) is 6.86. The number of nitrogens with zero attached hydrogens (tertiary/aromatic N) is 2. The van der Waals surface area contributed by atoms with Crippen LogP contribution in [0.3, 0.4) is 0 Å². The van der Waals surface area contributed by atoms with Gasteiger partial charge in [0.2, 0.25) is 0 Å². The van der Waals surface area contributed by atoms with Crippen molar-refractivity contribution in [2.75, 3.05) is 0 Å². The highest BCUT2D eigenvalue weighted by molar-refractivity contribution is 5.97. The summed E-state index contributed by atoms with van der Waals surface area (Å²) in [4.78, 5) is 44.4. The number of hydrogen-bond acceptors (Lipinski definition) is 4. The predicted octanol–water partition coefficient (Wildman–Crippen LogP) is 3.83. The van der Waals surface area contributed by atoms with E-state index < -0.39 is 12.1 Å². The zero-order valence-corrected chi connectivity index (χ0v) is 19.2. The van der Waals surface area contributed by atoms with Crippen molar-refractivity contribution >= 4 is 33.9 Å². The molecule has 190 valence electrons. The first-order valence-corrected chi connectivity index (χ1v) is 11.3. The van der Waals surface area contributed by atoms with E-state index in [4.69, 9.17) is 14.9 Å². The van der Waals surface area contributed by atoms with Crippen LogP contribution in [0.5, 0.6) is 0 Å². The number of benzene rings is 2. The van der Waals surface area contributed by atoms with Crippen LogP contribution in [0.2, 0.25) is 0 Å². The highest BCUT2D eigenvalue weighted by atomic mass is 19.4. The number of carboxylic acid groups (broad SMARTS) is 1. The number of para-hydroxylation sites is 2. The molecule has 1 fully saturated rings. The number of aryl methyl sites for hydroxylation is 1. The van der Waals surface area contributed by atoms with Crippen molar-refractivity contribution in [2.24, 2.45) is 7.05 Å². The normalized spacial score (nSPS) is 18.0. The third kappa shape index (κ3) is 5.42. The minimum atomic E-state index is -5.08. The average Bonchev–Trinajstić information content (AvgIpc) is 3.39. The van der Waals surface area contributed by atoms with Gasteiger partial charge in [0.25, 0.3) is 5.91 Å². The third-order valence-electron chi connectivity index (χ3n) is 6.21. The second kappa shape index (κ2) is 9.88. The standard InChI is InChI=1S/C22H23N5O2.C2HF3O2/c1-27-19-10-9-14(12-18(19)26-22(27)29)21(28)23-15-6-4-5-13(11-15)20-24-16-7-2-3-8-17(16)25-20;3-2(4,5)1(6)7/h2-3,7-10,12-13,15H,4-6,11H2,1H3,(H,23,28)(H,24,25)(H,26,29);(H,6,7). The van der Waals surface area contributed by atoms with Crippen LogP contribution in [0.15, 0.2) is 47.3 Å². The van der Waals surface area contributed by atoms with E-state index in [1.54, 1.807) is 25.2 Å². The molecule has 1 aliphatic rings. The summed E-state index contributed by atoms with van der Waals surface area (Å²) in [7, 11) is 1.71. The van der Waals surface area contributed by atoms with E-state index in [0.29, 0.717) is 17.0 Å². The molecule has 0 saturated heterocycles. The fraction of sp³-hybridized carbons (Fsp3) is 0.333. The summed E-state index contributed by atoms with van der Waals surface area (Å²) in [6, 6.07) is 13.5. The zero-order chi connectivity index (χ0) is 26.0. The number of aromatic nitrogens is 4. The van der Waals surface area contributed by atoms with Crippen molar-refractivity contribution in [1.29, 1.82) is 0 Å². The molecule has 5 rings (SSSR count). The lowest BCUT2D eigenvalue weighted by Gasteiger charge is -2.28. The summed E-state index contributed by atoms with van der Waals surface area (Å²) in [6.45, 7) is 0. The van der Waals surface area contributed by atoms with Gasteiger partial charge in [-0.15, -0.1) is 0 Å². The number of alkyl halides is 3. The number of hydrogen-bond donors (Lipinski definition) is 4. The van der Waals surface area contributed by atoms with Crippen LogP contribution >= 0.6 is 0 Å². The van der Waals surface area contributed by atoms with Crippen LogP contribution in [-0.4, -0.2) is 48.7 Å². The molecule has 2 heterocycles. The first kappa shape index (κ1) is 25.0. The molecule has 2 unspecified atom stereocenters. The molecule has 2 aromatic heterocycles. The molecule has 4 N–H and O–H groups in total. The van der Waals surface area contributed by atoms with Crippen LogP contribution in [-0.2, 0) is 11.8 Å². The van der Waals surface area contributed by atoms with Crippen LogP contribution in [0.4, 0.5) is 13.2 Å². The Balaban J connectivity index is 0.000000384. The molecule has 0 radical (unpaired) electrons. The third-order valence-corrected chi connectivity index (χ3v) is 6.21. The van der Waals surface area contributed by atoms with Crippen LogP contribution in [0.1, 0.15) is 47.8 Å². The van der Waals surface area contributed by atoms with Gasteiger partial charge in [-0.25, -0.2) is 14.6 Å². The topological polar surface area (TPSA) is 133 Å². The van der Waals surface area contributed by atoms with E-state index in [9.17, 15) is 22.8 Å². The molecule has 36 heavy (non-hydrogen) atoms. The lowest BCUT2D eigenvalue weighted by atomic mass is 9.85. The van der Waals surface area contributed by atoms with Gasteiger partial charge in [-0.2, -0.15) is 13.2 Å². The van der Waals surface area contributed by atoms with E-state index >= 15 is 0 Å². The predicted molar refractivity (Wildman–Crippen MR) is 126 cm³/mol. The molecule has 12 heteroatoms. The van der Waals surface area contributed by atoms with Gasteiger partial charge < -0.3 is 20.4 Å². The average molecular weight is 503 g/mol. The number of carbonyl (C=O) groups excluding carboxylic acids is 1. The fourth-order valence-corrected chi connectivity index (χ4v) is 4.38. The molecule has 1 aliphatic carbocycles. The van der Waals surface area contributed by atoms with E-state index in [0.717, 1.165) is 48.1 Å². The smallest absolute Gasteiger partial charge is 0.475 e. The lowest BCUT2D eigenvalue weighted by molar-refractivity contribution is -0.192. The summed E-state index contributed by atoms with van der Waals surface area (Å²) in [6.07, 6.45) is -1.12. The number of carboxylic acids is 1. The molecule has 0 aliphatic heterocycles. The Morgan fingerprint density at radius 3 is 2.53 bits per heavy atom. The van der Waals surface area contributed by atoms with Crippen LogP contribution in [0, 0.1) is 0 Å². The van der Waals surface area contributed by atoms with Crippen molar-refractivity contribution in [3.8, 4) is 0 Å². The minimum absolute atomic E-state index is 0.105. The van der Waals surface area contributed by atoms with E-state index in [2.05, 4.69) is 15.3 Å². The minimum Gasteiger partial charge on any atom is -0.475 e. The van der Waals surface area contributed by atoms with E-state index in [-0.39, 0.29) is 17.6 Å². The van der Waals surface area contributed by atoms with Crippen molar-refractivity contribution in [2.45, 2.75) is 43.8 Å². The van der Waals surface area contributed by atoms with Crippen molar-refractivity contribution in [1.82, 2.24) is 24.8 Å². The van der Waals surface area contributed by atoms with Gasteiger partial charge in [-0.1, -0.05) is 18.6 Å². The molecule has 0 spiro atoms. The molecule has 1 saturated carbocycles. The van der Waals surface area contributed by atoms with Gasteiger partial charge >= 0.3 is 17.8 Å². The molecule has 0 bridgehead atoms. The summed E-state index contributed by atoms with van der Waals surface area (Å²) >= 11 is 0. The van der Waals surface area contributed by atoms with Crippen molar-refractivity contribution < 1.29 is 27.9 Å². The van der Waals surface area contributed by atoms with Crippen LogP contribution < -0.4 is 11.0 Å². The Hall–Kier alpha value is -4.09. The number of amides is 1. The number of imidazole rings is 2. The maximum absolute atomic E-state index is 12.8. The van der Waals surface area contributed by atoms with Crippen molar-refractivity contribution in [3.63, 3.8) is 0 Å². The molecule has 9 nitrogen and oxygen atoms in total. The maximum Gasteiger partial charge on any atom is 0.490 e. The van der Waals surface area contributed by atoms with E-state index in [1.807, 2.05) is 24.3 Å². The quantitative estimate of drug-likeness (QED) is 0.337. The number of aliphatic carboxylic acids is 1. The highest BCUT2D eigenvalue weighted by Gasteiger charge is 2.38. The first-order chi connectivity index (χ1) is 17.0. The Labute approximate surface area is 202 Å². The summed E-state index contributed by atoms with van der Waals surface area (Å²) in [5, 5.41) is 10.3. The largest absolute Gasteiger partial charge is 0.490 e. The van der Waals surface area contributed by atoms with Gasteiger partial charge in [0, 0.05) is 24.6 Å². The van der Waals surface area contributed by atoms with Gasteiger partial charge in [0.05, 0.1) is 22.1 Å². The number of carbonyl (C=O) groups is 2. The van der Waals surface area contributed by atoms with Gasteiger partial charge in [0.15, 0.2) is 0 Å². The Bertz CT molecular complexity index is 1440. The first-order valence-electron chi connectivity index (χ1n) is 11.3. The fourth-order valence-electron chi connectivity index (χ4n) is 4.38. The Morgan fingerprint density at radius 2 is 1.83 bits per heavy atom. The van der Waals surface area contributed by atoms with Crippen molar-refractivity contribution in [3.05, 3.63) is 64.3 Å². The molecule has 1 amide bonds. The second-order valence-electron chi connectivity index (χ2n) is 8.70. The van der Waals surface area contributed by atoms with Gasteiger partial charge in [-0.3, -0.25) is 9.36 Å². The number of aromatic amines is 2. The highest BCUT2D eigenvalue weighted by Crippen LogP contribution is 2.32. The number of halogens is 3. The number of fused-ring (bicyclic) bond motifs is 2. The number of nitrogens with one attached hydrogen (secondary N) is 3. The number of rotatable bonds is 3. The molecular formula is C24H24F3N5O4. The van der Waals surface area contributed by atoms with Crippen LogP contribution in [0.25, 0.3) is 22.1 Å². The second-order valence-corrected chi connectivity index (χ2v) is 8.70. The summed E-state index contributed by atoms with van der Waals surface area (Å²) in [5.74, 6) is -1.54. The Morgan fingerprint density at radius 1 is 1.11 bits per heavy atom. The SMILES string of the molecule is Cn1c(=O)[nH]c2cc(C(=O)NC3CCCC(c4nc5ccccc5[nH]4)C3)ccc21.O=C(O)C(F)(F)F. The molecule has 4 aromatic rings.